The fraction of sp³-hybridized carbons (Fsp3) is 0.0800. The predicted molar refractivity (Wildman–Crippen MR) is 128 cm³/mol. The van der Waals surface area contributed by atoms with Gasteiger partial charge in [-0.05, 0) is 61.0 Å². The molecule has 1 unspecified atom stereocenters. The van der Waals surface area contributed by atoms with Crippen LogP contribution in [0.2, 0.25) is 0 Å². The smallest absolute Gasteiger partial charge is 0.319 e. The average molecular weight is 446 g/mol. The van der Waals surface area contributed by atoms with E-state index in [0.717, 1.165) is 16.9 Å². The standard InChI is InChI=1S/C25H23N3O3S/c1-18-11-16-22(31-18)17-26-25(29)27-20-12-14-21(15-13-20)28-32(30)24-10-6-5-9-23(24)19-7-3-2-4-8-19/h2-16,28H,17H2,1H3,(H2,26,27,29). The van der Waals surface area contributed by atoms with Crippen LogP contribution in [0.1, 0.15) is 11.5 Å². The molecule has 0 aliphatic carbocycles. The highest BCUT2D eigenvalue weighted by Gasteiger charge is 2.17. The van der Waals surface area contributed by atoms with Gasteiger partial charge in [-0.2, -0.15) is 0 Å². The fourth-order valence-electron chi connectivity index (χ4n) is 3.19. The fourth-order valence-corrected chi connectivity index (χ4v) is 4.24. The maximum absolute atomic E-state index is 13.0. The molecule has 3 N–H and O–H groups in total. The maximum atomic E-state index is 13.0. The number of aryl methyl sites for hydroxylation is 1. The van der Waals surface area contributed by atoms with Gasteiger partial charge in [0.05, 0.1) is 12.2 Å². The van der Waals surface area contributed by atoms with Crippen molar-refractivity contribution in [2.45, 2.75) is 18.4 Å². The zero-order chi connectivity index (χ0) is 22.3. The van der Waals surface area contributed by atoms with E-state index in [1.807, 2.05) is 73.7 Å². The Morgan fingerprint density at radius 1 is 0.875 bits per heavy atom. The van der Waals surface area contributed by atoms with Gasteiger partial charge in [0.25, 0.3) is 0 Å². The van der Waals surface area contributed by atoms with Gasteiger partial charge in [-0.1, -0.05) is 42.5 Å². The second kappa shape index (κ2) is 10.1. The summed E-state index contributed by atoms with van der Waals surface area (Å²) in [6, 6.07) is 27.9. The van der Waals surface area contributed by atoms with Gasteiger partial charge in [0.15, 0.2) is 4.90 Å². The highest BCUT2D eigenvalue weighted by atomic mass is 32.2. The number of nitrogens with one attached hydrogen (secondary N) is 3. The molecular formula is C25H23N3O3S. The summed E-state index contributed by atoms with van der Waals surface area (Å²) in [7, 11) is 0. The molecule has 0 spiro atoms. The van der Waals surface area contributed by atoms with Gasteiger partial charge in [-0.3, -0.25) is 0 Å². The molecule has 6 nitrogen and oxygen atoms in total. The highest BCUT2D eigenvalue weighted by Crippen LogP contribution is 2.28. The van der Waals surface area contributed by atoms with Gasteiger partial charge < -0.3 is 19.6 Å². The summed E-state index contributed by atoms with van der Waals surface area (Å²) in [6.07, 6.45) is 0. The Kier molecular flexibility index (Phi) is 6.79. The lowest BCUT2D eigenvalue weighted by Gasteiger charge is -2.15. The lowest BCUT2D eigenvalue weighted by Crippen LogP contribution is -2.27. The van der Waals surface area contributed by atoms with E-state index in [-0.39, 0.29) is 6.03 Å². The van der Waals surface area contributed by atoms with Crippen LogP contribution in [0, 0.1) is 6.92 Å². The first-order valence-corrected chi connectivity index (χ1v) is 11.3. The first-order valence-electron chi connectivity index (χ1n) is 10.1. The van der Waals surface area contributed by atoms with Gasteiger partial charge in [0.1, 0.15) is 22.9 Å². The minimum absolute atomic E-state index is 0.305. The molecule has 0 bridgehead atoms. The van der Waals surface area contributed by atoms with Gasteiger partial charge in [-0.25, -0.2) is 9.52 Å². The number of carbonyl (C=O) groups is 1. The summed E-state index contributed by atoms with van der Waals surface area (Å²) < 4.78 is 21.5. The van der Waals surface area contributed by atoms with Crippen LogP contribution < -0.4 is 15.4 Å². The first-order chi connectivity index (χ1) is 15.6. The average Bonchev–Trinajstić information content (AvgIpc) is 3.24. The molecule has 0 saturated heterocycles. The lowest BCUT2D eigenvalue weighted by atomic mass is 10.1. The van der Waals surface area contributed by atoms with Crippen molar-refractivity contribution in [2.75, 3.05) is 10.0 Å². The predicted octanol–water partition coefficient (Wildman–Crippen LogP) is 5.71. The molecule has 0 saturated carbocycles. The number of urea groups is 1. The molecule has 0 radical (unpaired) electrons. The number of carbonyl (C=O) groups excluding carboxylic acids is 1. The monoisotopic (exact) mass is 445 g/mol. The Hall–Kier alpha value is -3.68. The van der Waals surface area contributed by atoms with E-state index in [4.69, 9.17) is 4.42 Å². The van der Waals surface area contributed by atoms with Gasteiger partial charge in [-0.15, -0.1) is 0 Å². The Morgan fingerprint density at radius 3 is 2.28 bits per heavy atom. The molecule has 162 valence electrons. The molecule has 7 heteroatoms. The summed E-state index contributed by atoms with van der Waals surface area (Å²) in [5, 5.41) is 5.51. The van der Waals surface area contributed by atoms with E-state index < -0.39 is 11.4 Å². The van der Waals surface area contributed by atoms with E-state index in [0.29, 0.717) is 28.6 Å². The lowest BCUT2D eigenvalue weighted by molar-refractivity contribution is 0.250. The van der Waals surface area contributed by atoms with E-state index >= 15 is 0 Å². The molecule has 4 aromatic rings. The normalized spacial score (nSPS) is 11.6. The van der Waals surface area contributed by atoms with Crippen molar-refractivity contribution in [3.8, 4) is 11.1 Å². The van der Waals surface area contributed by atoms with Crippen LogP contribution in [0.4, 0.5) is 16.2 Å². The Morgan fingerprint density at radius 2 is 1.56 bits per heavy atom. The van der Waals surface area contributed by atoms with Crippen molar-refractivity contribution in [1.82, 2.24) is 5.32 Å². The van der Waals surface area contributed by atoms with E-state index in [9.17, 15) is 9.35 Å². The van der Waals surface area contributed by atoms with E-state index in [2.05, 4.69) is 15.4 Å². The first kappa shape index (κ1) is 21.5. The van der Waals surface area contributed by atoms with Gasteiger partial charge in [0, 0.05) is 11.3 Å². The second-order valence-electron chi connectivity index (χ2n) is 7.13. The maximum Gasteiger partial charge on any atom is 0.319 e. The Labute approximate surface area is 190 Å². The molecule has 3 aromatic carbocycles. The van der Waals surface area contributed by atoms with Crippen LogP contribution in [0.5, 0.6) is 0 Å². The van der Waals surface area contributed by atoms with Crippen molar-refractivity contribution < 1.29 is 13.8 Å². The summed E-state index contributed by atoms with van der Waals surface area (Å²) >= 11 is -1.45. The number of anilines is 2. The number of hydrogen-bond donors (Lipinski definition) is 3. The third-order valence-corrected chi connectivity index (χ3v) is 5.92. The molecule has 2 amide bonds. The quantitative estimate of drug-likeness (QED) is 0.318. The number of hydrogen-bond acceptors (Lipinski definition) is 4. The number of amides is 2. The third-order valence-electron chi connectivity index (χ3n) is 4.74. The number of benzene rings is 3. The summed E-state index contributed by atoms with van der Waals surface area (Å²) in [5.41, 5.74) is 3.23. The largest absolute Gasteiger partial charge is 0.588 e. The zero-order valence-corrected chi connectivity index (χ0v) is 18.3. The Balaban J connectivity index is 1.36. The highest BCUT2D eigenvalue weighted by molar-refractivity contribution is 7.92. The molecule has 1 aromatic heterocycles. The molecule has 0 fully saturated rings. The number of furan rings is 1. The van der Waals surface area contributed by atoms with Gasteiger partial charge in [0.2, 0.25) is 0 Å². The summed E-state index contributed by atoms with van der Waals surface area (Å²) in [4.78, 5) is 12.8. The molecule has 0 aliphatic rings. The van der Waals surface area contributed by atoms with Gasteiger partial charge >= 0.3 is 6.03 Å². The topological polar surface area (TPSA) is 89.4 Å². The Bertz CT molecular complexity index is 1180. The van der Waals surface area contributed by atoms with Crippen molar-refractivity contribution in [3.63, 3.8) is 0 Å². The van der Waals surface area contributed by atoms with Crippen LogP contribution in [0.3, 0.4) is 0 Å². The second-order valence-corrected chi connectivity index (χ2v) is 8.31. The molecule has 1 atom stereocenters. The summed E-state index contributed by atoms with van der Waals surface area (Å²) in [5.74, 6) is 1.49. The number of rotatable bonds is 7. The SMILES string of the molecule is Cc1ccc(CNC(=O)Nc2ccc(N[S+]([O-])c3ccccc3-c3ccccc3)cc2)o1. The van der Waals surface area contributed by atoms with Crippen LogP contribution in [-0.2, 0) is 17.9 Å². The van der Waals surface area contributed by atoms with E-state index in [1.54, 1.807) is 24.3 Å². The van der Waals surface area contributed by atoms with Crippen molar-refractivity contribution in [1.29, 1.82) is 0 Å². The minimum atomic E-state index is -1.45. The molecular weight excluding hydrogens is 422 g/mol. The van der Waals surface area contributed by atoms with Crippen LogP contribution in [0.25, 0.3) is 11.1 Å². The van der Waals surface area contributed by atoms with Crippen molar-refractivity contribution >= 4 is 28.8 Å². The third kappa shape index (κ3) is 5.51. The van der Waals surface area contributed by atoms with Crippen LogP contribution in [-0.4, -0.2) is 10.6 Å². The van der Waals surface area contributed by atoms with Crippen LogP contribution >= 0.6 is 0 Å². The molecule has 32 heavy (non-hydrogen) atoms. The van der Waals surface area contributed by atoms with Crippen molar-refractivity contribution in [3.05, 3.63) is 103 Å². The minimum Gasteiger partial charge on any atom is -0.588 e. The molecule has 4 rings (SSSR count). The van der Waals surface area contributed by atoms with Crippen LogP contribution in [0.15, 0.2) is 100 Å². The molecule has 0 aliphatic heterocycles. The van der Waals surface area contributed by atoms with Crippen molar-refractivity contribution in [2.24, 2.45) is 0 Å². The zero-order valence-electron chi connectivity index (χ0n) is 17.5. The summed E-state index contributed by atoms with van der Waals surface area (Å²) in [6.45, 7) is 2.16. The molecule has 1 heterocycles. The van der Waals surface area contributed by atoms with E-state index in [1.165, 1.54) is 0 Å².